The second-order valence-electron chi connectivity index (χ2n) is 7.07. The number of oxazole rings is 1. The Kier molecular flexibility index (Phi) is 5.39. The van der Waals surface area contributed by atoms with E-state index in [0.717, 1.165) is 11.1 Å². The summed E-state index contributed by atoms with van der Waals surface area (Å²) in [6, 6.07) is 13.7. The summed E-state index contributed by atoms with van der Waals surface area (Å²) >= 11 is 5.15. The number of nitrogens with one attached hydrogen (secondary N) is 2. The van der Waals surface area contributed by atoms with Crippen LogP contribution in [0.3, 0.4) is 0 Å². The van der Waals surface area contributed by atoms with E-state index in [1.807, 2.05) is 26.0 Å². The Bertz CT molecular complexity index is 1280. The third-order valence-electron chi connectivity index (χ3n) is 4.82. The van der Waals surface area contributed by atoms with Crippen molar-refractivity contribution >= 4 is 40.0 Å². The lowest BCUT2D eigenvalue weighted by Crippen LogP contribution is -2.34. The van der Waals surface area contributed by atoms with Crippen LogP contribution in [0.15, 0.2) is 59.0 Å². The number of benzene rings is 3. The molecule has 4 rings (SSSR count). The Balaban J connectivity index is 1.49. The third kappa shape index (κ3) is 4.39. The fourth-order valence-corrected chi connectivity index (χ4v) is 3.23. The molecule has 4 aromatic rings. The van der Waals surface area contributed by atoms with E-state index in [2.05, 4.69) is 15.6 Å². The quantitative estimate of drug-likeness (QED) is 0.389. The summed E-state index contributed by atoms with van der Waals surface area (Å²) < 4.78 is 18.8. The number of anilines is 1. The molecule has 3 aromatic carbocycles. The molecule has 3 N–H and O–H groups in total. The van der Waals surface area contributed by atoms with Gasteiger partial charge in [0, 0.05) is 17.3 Å². The average molecular weight is 435 g/mol. The molecule has 0 aliphatic heterocycles. The number of aromatic hydroxyl groups is 1. The van der Waals surface area contributed by atoms with Crippen LogP contribution < -0.4 is 10.6 Å². The number of fused-ring (bicyclic) bond motifs is 1. The number of hydrogen-bond acceptors (Lipinski definition) is 5. The van der Waals surface area contributed by atoms with Crippen LogP contribution in [-0.4, -0.2) is 21.1 Å². The molecule has 8 heteroatoms. The van der Waals surface area contributed by atoms with Gasteiger partial charge in [-0.05, 0) is 85.7 Å². The molecule has 0 aliphatic rings. The molecule has 6 nitrogen and oxygen atoms in total. The van der Waals surface area contributed by atoms with E-state index < -0.39 is 11.7 Å². The van der Waals surface area contributed by atoms with Crippen molar-refractivity contribution in [1.82, 2.24) is 10.3 Å². The van der Waals surface area contributed by atoms with Crippen LogP contribution in [0.4, 0.5) is 10.1 Å². The lowest BCUT2D eigenvalue weighted by atomic mass is 10.1. The second kappa shape index (κ2) is 8.16. The first kappa shape index (κ1) is 20.5. The zero-order valence-electron chi connectivity index (χ0n) is 16.7. The molecule has 0 spiro atoms. The molecule has 0 saturated carbocycles. The third-order valence-corrected chi connectivity index (χ3v) is 5.03. The number of thiocarbonyl (C=S) groups is 1. The highest BCUT2D eigenvalue weighted by molar-refractivity contribution is 7.80. The smallest absolute Gasteiger partial charge is 0.257 e. The second-order valence-corrected chi connectivity index (χ2v) is 7.48. The van der Waals surface area contributed by atoms with Gasteiger partial charge in [0.1, 0.15) is 17.1 Å². The van der Waals surface area contributed by atoms with E-state index in [0.29, 0.717) is 28.2 Å². The number of aryl methyl sites for hydroxylation is 2. The summed E-state index contributed by atoms with van der Waals surface area (Å²) in [6.07, 6.45) is 0. The molecule has 0 unspecified atom stereocenters. The van der Waals surface area contributed by atoms with Crippen molar-refractivity contribution in [2.24, 2.45) is 0 Å². The van der Waals surface area contributed by atoms with Crippen LogP contribution in [-0.2, 0) is 0 Å². The molecule has 31 heavy (non-hydrogen) atoms. The van der Waals surface area contributed by atoms with Crippen molar-refractivity contribution in [3.63, 3.8) is 0 Å². The normalized spacial score (nSPS) is 10.8. The highest BCUT2D eigenvalue weighted by Gasteiger charge is 2.15. The van der Waals surface area contributed by atoms with Gasteiger partial charge in [0.2, 0.25) is 5.89 Å². The molecular formula is C23H18FN3O3S. The summed E-state index contributed by atoms with van der Waals surface area (Å²) in [7, 11) is 0. The number of nitrogens with zero attached hydrogens (tertiary/aromatic N) is 1. The van der Waals surface area contributed by atoms with Crippen LogP contribution in [0, 0.1) is 19.7 Å². The van der Waals surface area contributed by atoms with Crippen LogP contribution in [0.2, 0.25) is 0 Å². The van der Waals surface area contributed by atoms with E-state index >= 15 is 0 Å². The summed E-state index contributed by atoms with van der Waals surface area (Å²) in [4.78, 5) is 16.6. The van der Waals surface area contributed by atoms with Crippen molar-refractivity contribution in [2.45, 2.75) is 13.8 Å². The molecule has 0 saturated heterocycles. The van der Waals surface area contributed by atoms with E-state index in [9.17, 15) is 14.3 Å². The standard InChI is InChI=1S/C23H18FN3O3S/c1-12-9-18-20(10-13(12)2)30-22(26-18)17-8-7-16(11-19(17)28)25-23(31)27-21(29)14-3-5-15(24)6-4-14/h3-11,28H,1-2H3,(H2,25,27,29,31). The summed E-state index contributed by atoms with van der Waals surface area (Å²) in [5, 5.41) is 15.8. The SMILES string of the molecule is Cc1cc2nc(-c3ccc(NC(=S)NC(=O)c4ccc(F)cc4)cc3O)oc2cc1C. The average Bonchev–Trinajstić information content (AvgIpc) is 3.11. The molecule has 0 radical (unpaired) electrons. The topological polar surface area (TPSA) is 87.4 Å². The van der Waals surface area contributed by atoms with Gasteiger partial charge in [0.15, 0.2) is 10.7 Å². The number of halogens is 1. The Hall–Kier alpha value is -3.78. The van der Waals surface area contributed by atoms with Gasteiger partial charge in [-0.3, -0.25) is 10.1 Å². The van der Waals surface area contributed by atoms with Crippen molar-refractivity contribution in [3.05, 3.63) is 77.1 Å². The zero-order chi connectivity index (χ0) is 22.1. The van der Waals surface area contributed by atoms with Crippen LogP contribution in [0.5, 0.6) is 5.75 Å². The molecule has 156 valence electrons. The summed E-state index contributed by atoms with van der Waals surface area (Å²) in [5.41, 5.74) is 4.72. The maximum Gasteiger partial charge on any atom is 0.257 e. The molecule has 1 amide bonds. The van der Waals surface area contributed by atoms with E-state index in [1.165, 1.54) is 30.3 Å². The molecule has 0 fully saturated rings. The van der Waals surface area contributed by atoms with Gasteiger partial charge < -0.3 is 14.8 Å². The monoisotopic (exact) mass is 435 g/mol. The number of rotatable bonds is 3. The lowest BCUT2D eigenvalue weighted by Gasteiger charge is -2.10. The van der Waals surface area contributed by atoms with Gasteiger partial charge in [0.25, 0.3) is 5.91 Å². The zero-order valence-corrected chi connectivity index (χ0v) is 17.5. The number of carbonyl (C=O) groups is 1. The minimum atomic E-state index is -0.476. The Morgan fingerprint density at radius 1 is 1.06 bits per heavy atom. The Morgan fingerprint density at radius 2 is 1.77 bits per heavy atom. The summed E-state index contributed by atoms with van der Waals surface area (Å²) in [6.45, 7) is 3.99. The van der Waals surface area contributed by atoms with E-state index in [1.54, 1.807) is 12.1 Å². The molecule has 1 aromatic heterocycles. The predicted molar refractivity (Wildman–Crippen MR) is 121 cm³/mol. The largest absolute Gasteiger partial charge is 0.507 e. The van der Waals surface area contributed by atoms with E-state index in [4.69, 9.17) is 16.6 Å². The first-order chi connectivity index (χ1) is 14.8. The molecule has 0 atom stereocenters. The maximum absolute atomic E-state index is 13.0. The van der Waals surface area contributed by atoms with Gasteiger partial charge in [-0.2, -0.15) is 0 Å². The first-order valence-corrected chi connectivity index (χ1v) is 9.80. The number of aromatic nitrogens is 1. The van der Waals surface area contributed by atoms with Crippen LogP contribution >= 0.6 is 12.2 Å². The molecule has 0 bridgehead atoms. The van der Waals surface area contributed by atoms with Gasteiger partial charge >= 0.3 is 0 Å². The van der Waals surface area contributed by atoms with Gasteiger partial charge in [-0.25, -0.2) is 9.37 Å². The number of carbonyl (C=O) groups excluding carboxylic acids is 1. The molecule has 0 aliphatic carbocycles. The predicted octanol–water partition coefficient (Wildman–Crippen LogP) is 5.08. The van der Waals surface area contributed by atoms with Crippen molar-refractivity contribution in [1.29, 1.82) is 0 Å². The van der Waals surface area contributed by atoms with Crippen molar-refractivity contribution in [3.8, 4) is 17.2 Å². The fraction of sp³-hybridized carbons (Fsp3) is 0.0870. The number of phenols is 1. The number of hydrogen-bond donors (Lipinski definition) is 3. The van der Waals surface area contributed by atoms with Crippen molar-refractivity contribution in [2.75, 3.05) is 5.32 Å². The Labute approximate surface area is 182 Å². The lowest BCUT2D eigenvalue weighted by molar-refractivity contribution is 0.0977. The Morgan fingerprint density at radius 3 is 2.48 bits per heavy atom. The van der Waals surface area contributed by atoms with Gasteiger partial charge in [-0.1, -0.05) is 0 Å². The van der Waals surface area contributed by atoms with E-state index in [-0.39, 0.29) is 16.4 Å². The fourth-order valence-electron chi connectivity index (χ4n) is 3.02. The molecule has 1 heterocycles. The van der Waals surface area contributed by atoms with Gasteiger partial charge in [-0.15, -0.1) is 0 Å². The minimum Gasteiger partial charge on any atom is -0.507 e. The summed E-state index contributed by atoms with van der Waals surface area (Å²) in [5.74, 6) is -0.665. The van der Waals surface area contributed by atoms with Crippen LogP contribution in [0.25, 0.3) is 22.6 Å². The number of amides is 1. The van der Waals surface area contributed by atoms with Gasteiger partial charge in [0.05, 0.1) is 5.56 Å². The molecular weight excluding hydrogens is 417 g/mol. The number of phenolic OH excluding ortho intramolecular Hbond substituents is 1. The first-order valence-electron chi connectivity index (χ1n) is 9.39. The maximum atomic E-state index is 13.0. The highest BCUT2D eigenvalue weighted by Crippen LogP contribution is 2.33. The van der Waals surface area contributed by atoms with Crippen LogP contribution in [0.1, 0.15) is 21.5 Å². The minimum absolute atomic E-state index is 0.0364. The highest BCUT2D eigenvalue weighted by atomic mass is 32.1. The van der Waals surface area contributed by atoms with Crippen molar-refractivity contribution < 1.29 is 18.7 Å².